The average molecular weight is 222 g/mol. The van der Waals surface area contributed by atoms with Crippen molar-refractivity contribution in [3.63, 3.8) is 0 Å². The fraction of sp³-hybridized carbons (Fsp3) is 0.615. The largest absolute Gasteiger partial charge is 0.461 e. The molecule has 1 aliphatic rings. The molecule has 2 rings (SSSR count). The molecule has 0 saturated heterocycles. The molecule has 0 aliphatic heterocycles. The SMILES string of the molecule is CC1CCCCC1OCC(=O)c1ccco1. The molecule has 3 nitrogen and oxygen atoms in total. The Hall–Kier alpha value is -1.09. The summed E-state index contributed by atoms with van der Waals surface area (Å²) >= 11 is 0. The van der Waals surface area contributed by atoms with Gasteiger partial charge in [-0.15, -0.1) is 0 Å². The Morgan fingerprint density at radius 3 is 3.00 bits per heavy atom. The standard InChI is InChI=1S/C13H18O3/c1-10-5-2-3-6-12(10)16-9-11(14)13-7-4-8-15-13/h4,7-8,10,12H,2-3,5-6,9H2,1H3. The lowest BCUT2D eigenvalue weighted by molar-refractivity contribution is -0.000123. The smallest absolute Gasteiger partial charge is 0.223 e. The molecule has 1 fully saturated rings. The van der Waals surface area contributed by atoms with Gasteiger partial charge in [0.2, 0.25) is 5.78 Å². The number of carbonyl (C=O) groups is 1. The molecule has 0 N–H and O–H groups in total. The Morgan fingerprint density at radius 1 is 1.50 bits per heavy atom. The number of hydrogen-bond acceptors (Lipinski definition) is 3. The van der Waals surface area contributed by atoms with E-state index in [4.69, 9.17) is 9.15 Å². The molecule has 1 saturated carbocycles. The molecule has 1 heterocycles. The van der Waals surface area contributed by atoms with Gasteiger partial charge in [-0.3, -0.25) is 4.79 Å². The second-order valence-corrected chi connectivity index (χ2v) is 4.51. The van der Waals surface area contributed by atoms with Gasteiger partial charge in [0.1, 0.15) is 6.61 Å². The van der Waals surface area contributed by atoms with E-state index in [2.05, 4.69) is 6.92 Å². The van der Waals surface area contributed by atoms with Gasteiger partial charge in [0, 0.05) is 0 Å². The Labute approximate surface area is 95.8 Å². The van der Waals surface area contributed by atoms with E-state index in [1.807, 2.05) is 0 Å². The van der Waals surface area contributed by atoms with Crippen molar-refractivity contribution in [3.8, 4) is 0 Å². The summed E-state index contributed by atoms with van der Waals surface area (Å²) in [7, 11) is 0. The van der Waals surface area contributed by atoms with E-state index < -0.39 is 0 Å². The van der Waals surface area contributed by atoms with Gasteiger partial charge in [-0.1, -0.05) is 19.8 Å². The molecule has 0 amide bonds. The van der Waals surface area contributed by atoms with Crippen LogP contribution in [0.1, 0.15) is 43.2 Å². The molecule has 0 radical (unpaired) electrons. The maximum atomic E-state index is 11.6. The average Bonchev–Trinajstić information content (AvgIpc) is 2.81. The maximum Gasteiger partial charge on any atom is 0.223 e. The lowest BCUT2D eigenvalue weighted by atomic mass is 9.88. The van der Waals surface area contributed by atoms with Gasteiger partial charge < -0.3 is 9.15 Å². The van der Waals surface area contributed by atoms with Crippen molar-refractivity contribution in [2.45, 2.75) is 38.7 Å². The van der Waals surface area contributed by atoms with Crippen molar-refractivity contribution < 1.29 is 13.9 Å². The molecule has 1 aromatic heterocycles. The first-order valence-corrected chi connectivity index (χ1v) is 5.95. The van der Waals surface area contributed by atoms with Crippen LogP contribution in [0.4, 0.5) is 0 Å². The van der Waals surface area contributed by atoms with E-state index in [1.54, 1.807) is 12.1 Å². The zero-order valence-corrected chi connectivity index (χ0v) is 9.65. The molecule has 2 atom stereocenters. The zero-order valence-electron chi connectivity index (χ0n) is 9.65. The first-order chi connectivity index (χ1) is 7.77. The molecular weight excluding hydrogens is 204 g/mol. The van der Waals surface area contributed by atoms with Gasteiger partial charge in [0.05, 0.1) is 12.4 Å². The van der Waals surface area contributed by atoms with E-state index in [0.717, 1.165) is 6.42 Å². The van der Waals surface area contributed by atoms with Crippen LogP contribution in [0.25, 0.3) is 0 Å². The lowest BCUT2D eigenvalue weighted by Gasteiger charge is -2.28. The minimum Gasteiger partial charge on any atom is -0.461 e. The zero-order chi connectivity index (χ0) is 11.4. The van der Waals surface area contributed by atoms with Crippen LogP contribution in [-0.4, -0.2) is 18.5 Å². The number of carbonyl (C=O) groups excluding carboxylic acids is 1. The van der Waals surface area contributed by atoms with Crippen molar-refractivity contribution in [2.24, 2.45) is 5.92 Å². The summed E-state index contributed by atoms with van der Waals surface area (Å²) < 4.78 is 10.7. The van der Waals surface area contributed by atoms with Crippen molar-refractivity contribution >= 4 is 5.78 Å². The highest BCUT2D eigenvalue weighted by Gasteiger charge is 2.23. The van der Waals surface area contributed by atoms with Crippen LogP contribution >= 0.6 is 0 Å². The van der Waals surface area contributed by atoms with Crippen LogP contribution in [0.2, 0.25) is 0 Å². The minimum absolute atomic E-state index is 0.0669. The van der Waals surface area contributed by atoms with E-state index >= 15 is 0 Å². The van der Waals surface area contributed by atoms with Crippen LogP contribution in [0, 0.1) is 5.92 Å². The summed E-state index contributed by atoms with van der Waals surface area (Å²) in [6, 6.07) is 3.40. The number of ketones is 1. The summed E-state index contributed by atoms with van der Waals surface area (Å²) in [6.07, 6.45) is 6.53. The molecule has 0 aromatic carbocycles. The second-order valence-electron chi connectivity index (χ2n) is 4.51. The summed E-state index contributed by atoms with van der Waals surface area (Å²) in [5, 5.41) is 0. The molecule has 0 spiro atoms. The van der Waals surface area contributed by atoms with Gasteiger partial charge in [0.15, 0.2) is 5.76 Å². The maximum absolute atomic E-state index is 11.6. The van der Waals surface area contributed by atoms with E-state index in [0.29, 0.717) is 11.7 Å². The summed E-state index contributed by atoms with van der Waals surface area (Å²) in [5.74, 6) is 0.893. The number of hydrogen-bond donors (Lipinski definition) is 0. The highest BCUT2D eigenvalue weighted by atomic mass is 16.5. The highest BCUT2D eigenvalue weighted by molar-refractivity contribution is 5.94. The fourth-order valence-corrected chi connectivity index (χ4v) is 2.22. The Kier molecular flexibility index (Phi) is 3.78. The van der Waals surface area contributed by atoms with Crippen LogP contribution in [0.15, 0.2) is 22.8 Å². The Morgan fingerprint density at radius 2 is 2.31 bits per heavy atom. The Balaban J connectivity index is 1.80. The number of furan rings is 1. The predicted octanol–water partition coefficient (Wildman–Crippen LogP) is 3.06. The van der Waals surface area contributed by atoms with Crippen LogP contribution < -0.4 is 0 Å². The van der Waals surface area contributed by atoms with Gasteiger partial charge in [-0.25, -0.2) is 0 Å². The van der Waals surface area contributed by atoms with Crippen molar-refractivity contribution in [2.75, 3.05) is 6.61 Å². The van der Waals surface area contributed by atoms with Gasteiger partial charge in [-0.2, -0.15) is 0 Å². The minimum atomic E-state index is -0.0669. The first-order valence-electron chi connectivity index (χ1n) is 5.95. The molecule has 16 heavy (non-hydrogen) atoms. The third-order valence-electron chi connectivity index (χ3n) is 3.26. The van der Waals surface area contributed by atoms with Crippen molar-refractivity contribution in [1.82, 2.24) is 0 Å². The third-order valence-corrected chi connectivity index (χ3v) is 3.26. The van der Waals surface area contributed by atoms with Gasteiger partial charge in [0.25, 0.3) is 0 Å². The normalized spacial score (nSPS) is 25.6. The molecule has 0 bridgehead atoms. The molecular formula is C13H18O3. The summed E-state index contributed by atoms with van der Waals surface area (Å²) in [4.78, 5) is 11.6. The van der Waals surface area contributed by atoms with Crippen molar-refractivity contribution in [3.05, 3.63) is 24.2 Å². The quantitative estimate of drug-likeness (QED) is 0.735. The summed E-state index contributed by atoms with van der Waals surface area (Å²) in [6.45, 7) is 2.34. The Bertz CT molecular complexity index is 329. The van der Waals surface area contributed by atoms with Crippen molar-refractivity contribution in [1.29, 1.82) is 0 Å². The van der Waals surface area contributed by atoms with Crippen LogP contribution in [0.5, 0.6) is 0 Å². The molecule has 88 valence electrons. The monoisotopic (exact) mass is 222 g/mol. The fourth-order valence-electron chi connectivity index (χ4n) is 2.22. The molecule has 2 unspecified atom stereocenters. The number of ether oxygens (including phenoxy) is 1. The predicted molar refractivity (Wildman–Crippen MR) is 60.4 cm³/mol. The van der Waals surface area contributed by atoms with E-state index in [-0.39, 0.29) is 18.5 Å². The number of rotatable bonds is 4. The lowest BCUT2D eigenvalue weighted by Crippen LogP contribution is -2.27. The topological polar surface area (TPSA) is 39.4 Å². The third kappa shape index (κ3) is 2.73. The van der Waals surface area contributed by atoms with E-state index in [1.165, 1.54) is 25.5 Å². The molecule has 1 aliphatic carbocycles. The number of Topliss-reactive ketones (excluding diaryl/α,β-unsaturated/α-hetero) is 1. The van der Waals surface area contributed by atoms with Crippen LogP contribution in [0.3, 0.4) is 0 Å². The molecule has 3 heteroatoms. The second kappa shape index (κ2) is 5.30. The van der Waals surface area contributed by atoms with Crippen LogP contribution in [-0.2, 0) is 4.74 Å². The molecule has 1 aromatic rings. The van der Waals surface area contributed by atoms with Gasteiger partial charge >= 0.3 is 0 Å². The summed E-state index contributed by atoms with van der Waals surface area (Å²) in [5.41, 5.74) is 0. The highest BCUT2D eigenvalue weighted by Crippen LogP contribution is 2.26. The van der Waals surface area contributed by atoms with Gasteiger partial charge in [-0.05, 0) is 30.9 Å². The first kappa shape index (κ1) is 11.4. The van der Waals surface area contributed by atoms with E-state index in [9.17, 15) is 4.79 Å².